The molecule has 0 aromatic heterocycles. The van der Waals surface area contributed by atoms with Crippen molar-refractivity contribution in [3.63, 3.8) is 0 Å². The predicted octanol–water partition coefficient (Wildman–Crippen LogP) is 0.714. The Balaban J connectivity index is 2.66. The van der Waals surface area contributed by atoms with Gasteiger partial charge in [-0.15, -0.1) is 0 Å². The Hall–Kier alpha value is -0.610. The highest BCUT2D eigenvalue weighted by atomic mass is 16.1. The summed E-state index contributed by atoms with van der Waals surface area (Å²) in [5.74, 6) is -0.194. The Kier molecular flexibility index (Phi) is 4.74. The number of nitrogens with one attached hydrogen (secondary N) is 1. The van der Waals surface area contributed by atoms with E-state index < -0.39 is 0 Å². The molecule has 0 saturated carbocycles. The van der Waals surface area contributed by atoms with E-state index in [1.165, 1.54) is 0 Å². The molecule has 1 aliphatic rings. The summed E-state index contributed by atoms with van der Waals surface area (Å²) >= 11 is 0. The van der Waals surface area contributed by atoms with E-state index in [1.54, 1.807) is 0 Å². The molecule has 1 amide bonds. The fourth-order valence-electron chi connectivity index (χ4n) is 2.54. The maximum Gasteiger partial charge on any atom is 0.219 e. The van der Waals surface area contributed by atoms with Crippen LogP contribution in [0.5, 0.6) is 0 Å². The summed E-state index contributed by atoms with van der Waals surface area (Å²) in [4.78, 5) is 13.5. The molecule has 1 rings (SSSR count). The van der Waals surface area contributed by atoms with E-state index in [2.05, 4.69) is 31.1 Å². The maximum atomic E-state index is 11.2. The molecular formula is C12H25N3O. The van der Waals surface area contributed by atoms with Crippen LogP contribution in [0.1, 0.15) is 39.5 Å². The summed E-state index contributed by atoms with van der Waals surface area (Å²) in [6.07, 6.45) is 3.57. The van der Waals surface area contributed by atoms with Crippen LogP contribution in [0.3, 0.4) is 0 Å². The lowest BCUT2D eigenvalue weighted by Crippen LogP contribution is -2.57. The van der Waals surface area contributed by atoms with E-state index in [1.807, 2.05) is 0 Å². The molecule has 94 valence electrons. The lowest BCUT2D eigenvalue weighted by molar-refractivity contribution is -0.120. The average molecular weight is 227 g/mol. The van der Waals surface area contributed by atoms with Crippen molar-refractivity contribution in [1.82, 2.24) is 10.2 Å². The van der Waals surface area contributed by atoms with Crippen LogP contribution in [0, 0.1) is 0 Å². The van der Waals surface area contributed by atoms with Crippen molar-refractivity contribution < 1.29 is 4.79 Å². The first-order valence-electron chi connectivity index (χ1n) is 6.22. The molecule has 1 saturated heterocycles. The Morgan fingerprint density at radius 1 is 1.62 bits per heavy atom. The van der Waals surface area contributed by atoms with Gasteiger partial charge in [0.25, 0.3) is 0 Å². The van der Waals surface area contributed by atoms with Gasteiger partial charge in [-0.3, -0.25) is 4.79 Å². The van der Waals surface area contributed by atoms with E-state index in [-0.39, 0.29) is 11.4 Å². The minimum Gasteiger partial charge on any atom is -0.370 e. The number of hydrogen-bond donors (Lipinski definition) is 2. The number of piperidine rings is 1. The third-order valence-electron chi connectivity index (χ3n) is 3.64. The van der Waals surface area contributed by atoms with Gasteiger partial charge in [-0.1, -0.05) is 6.92 Å². The molecule has 1 heterocycles. The van der Waals surface area contributed by atoms with Crippen molar-refractivity contribution in [1.29, 1.82) is 0 Å². The van der Waals surface area contributed by atoms with Gasteiger partial charge in [-0.05, 0) is 46.3 Å². The first kappa shape index (κ1) is 13.5. The summed E-state index contributed by atoms with van der Waals surface area (Å²) < 4.78 is 0. The summed E-state index contributed by atoms with van der Waals surface area (Å²) in [6, 6.07) is 0.512. The SMILES string of the molecule is CCCNC1(CC(N)=O)CCN(C)C(C)C1. The van der Waals surface area contributed by atoms with Crippen LogP contribution < -0.4 is 11.1 Å². The molecule has 0 spiro atoms. The molecule has 1 fully saturated rings. The lowest BCUT2D eigenvalue weighted by atomic mass is 9.80. The molecule has 3 N–H and O–H groups in total. The van der Waals surface area contributed by atoms with Crippen molar-refractivity contribution in [3.8, 4) is 0 Å². The zero-order chi connectivity index (χ0) is 12.2. The highest BCUT2D eigenvalue weighted by molar-refractivity contribution is 5.75. The number of nitrogens with zero attached hydrogens (tertiary/aromatic N) is 1. The van der Waals surface area contributed by atoms with Gasteiger partial charge in [-0.2, -0.15) is 0 Å². The van der Waals surface area contributed by atoms with Crippen LogP contribution >= 0.6 is 0 Å². The molecule has 0 bridgehead atoms. The van der Waals surface area contributed by atoms with Crippen molar-refractivity contribution in [2.24, 2.45) is 5.73 Å². The summed E-state index contributed by atoms with van der Waals surface area (Å²) in [5, 5.41) is 3.54. The number of amides is 1. The summed E-state index contributed by atoms with van der Waals surface area (Å²) in [5.41, 5.74) is 5.31. The van der Waals surface area contributed by atoms with E-state index in [4.69, 9.17) is 5.73 Å². The third-order valence-corrected chi connectivity index (χ3v) is 3.64. The van der Waals surface area contributed by atoms with Gasteiger partial charge < -0.3 is 16.0 Å². The molecule has 0 aliphatic carbocycles. The highest BCUT2D eigenvalue weighted by Gasteiger charge is 2.37. The van der Waals surface area contributed by atoms with Crippen LogP contribution in [0.4, 0.5) is 0 Å². The Morgan fingerprint density at radius 2 is 2.31 bits per heavy atom. The molecule has 2 atom stereocenters. The number of hydrogen-bond acceptors (Lipinski definition) is 3. The van der Waals surface area contributed by atoms with Crippen molar-refractivity contribution in [3.05, 3.63) is 0 Å². The summed E-state index contributed by atoms with van der Waals surface area (Å²) in [6.45, 7) is 6.35. The van der Waals surface area contributed by atoms with E-state index in [9.17, 15) is 4.79 Å². The Bertz CT molecular complexity index is 240. The van der Waals surface area contributed by atoms with Crippen molar-refractivity contribution in [2.75, 3.05) is 20.1 Å². The van der Waals surface area contributed by atoms with Gasteiger partial charge in [0, 0.05) is 18.0 Å². The van der Waals surface area contributed by atoms with Gasteiger partial charge in [0.05, 0.1) is 0 Å². The smallest absolute Gasteiger partial charge is 0.219 e. The minimum absolute atomic E-state index is 0.0617. The first-order valence-corrected chi connectivity index (χ1v) is 6.22. The van der Waals surface area contributed by atoms with E-state index in [0.29, 0.717) is 12.5 Å². The van der Waals surface area contributed by atoms with Gasteiger partial charge in [0.2, 0.25) is 5.91 Å². The largest absolute Gasteiger partial charge is 0.370 e. The third kappa shape index (κ3) is 3.46. The number of primary amides is 1. The topological polar surface area (TPSA) is 58.4 Å². The standard InChI is InChI=1S/C12H25N3O/c1-4-6-14-12(9-11(13)16)5-7-15(3)10(2)8-12/h10,14H,4-9H2,1-3H3,(H2,13,16). The van der Waals surface area contributed by atoms with Gasteiger partial charge in [-0.25, -0.2) is 0 Å². The average Bonchev–Trinajstić information content (AvgIpc) is 2.20. The number of carbonyl (C=O) groups excluding carboxylic acids is 1. The van der Waals surface area contributed by atoms with Crippen LogP contribution in [0.25, 0.3) is 0 Å². The number of likely N-dealkylation sites (tertiary alicyclic amines) is 1. The van der Waals surface area contributed by atoms with Crippen LogP contribution in [0.2, 0.25) is 0 Å². The second kappa shape index (κ2) is 5.64. The molecule has 4 nitrogen and oxygen atoms in total. The minimum atomic E-state index is -0.194. The number of nitrogens with two attached hydrogens (primary N) is 1. The monoisotopic (exact) mass is 227 g/mol. The van der Waals surface area contributed by atoms with Gasteiger partial charge in [0.15, 0.2) is 0 Å². The molecule has 0 radical (unpaired) electrons. The van der Waals surface area contributed by atoms with Gasteiger partial charge in [0.1, 0.15) is 0 Å². The van der Waals surface area contributed by atoms with Crippen LogP contribution in [0.15, 0.2) is 0 Å². The quantitative estimate of drug-likeness (QED) is 0.727. The molecule has 0 aromatic carbocycles. The molecule has 16 heavy (non-hydrogen) atoms. The fraction of sp³-hybridized carbons (Fsp3) is 0.917. The number of rotatable bonds is 5. The molecule has 2 unspecified atom stereocenters. The fourth-order valence-corrected chi connectivity index (χ4v) is 2.54. The summed E-state index contributed by atoms with van der Waals surface area (Å²) in [7, 11) is 2.14. The highest BCUT2D eigenvalue weighted by Crippen LogP contribution is 2.28. The molecular weight excluding hydrogens is 202 g/mol. The molecule has 4 heteroatoms. The van der Waals surface area contributed by atoms with Gasteiger partial charge >= 0.3 is 0 Å². The lowest BCUT2D eigenvalue weighted by Gasteiger charge is -2.44. The molecule has 1 aliphatic heterocycles. The van der Waals surface area contributed by atoms with Crippen molar-refractivity contribution >= 4 is 5.91 Å². The van der Waals surface area contributed by atoms with E-state index in [0.717, 1.165) is 32.4 Å². The zero-order valence-electron chi connectivity index (χ0n) is 10.8. The van der Waals surface area contributed by atoms with Crippen molar-refractivity contribution in [2.45, 2.75) is 51.1 Å². The second-order valence-corrected chi connectivity index (χ2v) is 5.13. The maximum absolute atomic E-state index is 11.2. The van der Waals surface area contributed by atoms with E-state index >= 15 is 0 Å². The molecule has 0 aromatic rings. The Labute approximate surface area is 98.6 Å². The normalized spacial score (nSPS) is 31.6. The zero-order valence-corrected chi connectivity index (χ0v) is 10.8. The number of carbonyl (C=O) groups is 1. The van der Waals surface area contributed by atoms with Crippen LogP contribution in [-0.2, 0) is 4.79 Å². The second-order valence-electron chi connectivity index (χ2n) is 5.13. The van der Waals surface area contributed by atoms with Crippen LogP contribution in [-0.4, -0.2) is 42.5 Å². The predicted molar refractivity (Wildman–Crippen MR) is 66.2 cm³/mol. The first-order chi connectivity index (χ1) is 7.49. The Morgan fingerprint density at radius 3 is 2.81 bits per heavy atom.